The van der Waals surface area contributed by atoms with Crippen molar-refractivity contribution in [3.8, 4) is 34.2 Å². The van der Waals surface area contributed by atoms with E-state index in [1.54, 1.807) is 7.11 Å². The van der Waals surface area contributed by atoms with Crippen molar-refractivity contribution >= 4 is 5.69 Å². The minimum Gasteiger partial charge on any atom is -0.496 e. The smallest absolute Gasteiger partial charge is 0.172 e. The Balaban J connectivity index is 1.96. The van der Waals surface area contributed by atoms with Crippen molar-refractivity contribution in [1.29, 1.82) is 0 Å². The Hall–Kier alpha value is -3.60. The van der Waals surface area contributed by atoms with Crippen molar-refractivity contribution in [3.63, 3.8) is 0 Å². The second kappa shape index (κ2) is 7.80. The lowest BCUT2D eigenvalue weighted by atomic mass is 10.1. The van der Waals surface area contributed by atoms with Gasteiger partial charge in [-0.1, -0.05) is 29.8 Å². The molecule has 1 aromatic heterocycles. The summed E-state index contributed by atoms with van der Waals surface area (Å²) in [6, 6.07) is 22.5. The third-order valence-electron chi connectivity index (χ3n) is 5.06. The number of hydrogen-bond donors (Lipinski definition) is 1. The number of nitrogens with zero attached hydrogens (tertiary/aromatic N) is 3. The minimum absolute atomic E-state index is 0.747. The predicted octanol–water partition coefficient (Wildman–Crippen LogP) is 5.27. The fraction of sp³-hybridized carbons (Fsp3) is 0.167. The Labute approximate surface area is 171 Å². The van der Waals surface area contributed by atoms with Crippen LogP contribution in [0.5, 0.6) is 5.75 Å². The molecule has 0 aliphatic rings. The summed E-state index contributed by atoms with van der Waals surface area (Å²) >= 11 is 0. The van der Waals surface area contributed by atoms with Crippen molar-refractivity contribution in [2.24, 2.45) is 0 Å². The van der Waals surface area contributed by atoms with Crippen molar-refractivity contribution in [1.82, 2.24) is 14.8 Å². The molecule has 0 aliphatic heterocycles. The van der Waals surface area contributed by atoms with Crippen LogP contribution in [-0.2, 0) is 0 Å². The first kappa shape index (κ1) is 18.7. The van der Waals surface area contributed by atoms with Gasteiger partial charge in [-0.3, -0.25) is 4.57 Å². The highest BCUT2D eigenvalue weighted by Gasteiger charge is 2.20. The van der Waals surface area contributed by atoms with E-state index in [2.05, 4.69) is 76.4 Å². The van der Waals surface area contributed by atoms with Crippen LogP contribution in [0.25, 0.3) is 28.5 Å². The van der Waals surface area contributed by atoms with Crippen molar-refractivity contribution < 1.29 is 4.74 Å². The van der Waals surface area contributed by atoms with E-state index in [1.807, 2.05) is 31.3 Å². The van der Waals surface area contributed by atoms with Crippen LogP contribution in [0.4, 0.5) is 5.69 Å². The summed E-state index contributed by atoms with van der Waals surface area (Å²) in [6.45, 7) is 4.17. The highest BCUT2D eigenvalue weighted by molar-refractivity contribution is 5.72. The van der Waals surface area contributed by atoms with Crippen LogP contribution in [0.1, 0.15) is 11.1 Å². The highest BCUT2D eigenvalue weighted by atomic mass is 16.5. The van der Waals surface area contributed by atoms with E-state index in [-0.39, 0.29) is 0 Å². The molecule has 0 unspecified atom stereocenters. The van der Waals surface area contributed by atoms with Gasteiger partial charge >= 0.3 is 0 Å². The molecule has 0 fully saturated rings. The lowest BCUT2D eigenvalue weighted by Gasteiger charge is -2.14. The Morgan fingerprint density at radius 3 is 2.28 bits per heavy atom. The molecule has 0 saturated carbocycles. The van der Waals surface area contributed by atoms with E-state index >= 15 is 0 Å². The molecule has 0 saturated heterocycles. The SMILES string of the molecule is CNc1ccc(-c2nnc(-c3ccccc3OC)n2-c2ccc(C)cc2)cc1C. The van der Waals surface area contributed by atoms with Crippen LogP contribution < -0.4 is 10.1 Å². The summed E-state index contributed by atoms with van der Waals surface area (Å²) in [4.78, 5) is 0. The summed E-state index contributed by atoms with van der Waals surface area (Å²) in [5.74, 6) is 2.30. The summed E-state index contributed by atoms with van der Waals surface area (Å²) in [5, 5.41) is 12.3. The fourth-order valence-electron chi connectivity index (χ4n) is 3.50. The number of para-hydroxylation sites is 1. The van der Waals surface area contributed by atoms with E-state index in [1.165, 1.54) is 5.56 Å². The molecule has 0 spiro atoms. The molecule has 29 heavy (non-hydrogen) atoms. The van der Waals surface area contributed by atoms with E-state index in [0.29, 0.717) is 0 Å². The van der Waals surface area contributed by atoms with Crippen LogP contribution >= 0.6 is 0 Å². The second-order valence-electron chi connectivity index (χ2n) is 7.00. The zero-order chi connectivity index (χ0) is 20.4. The molecule has 5 nitrogen and oxygen atoms in total. The number of rotatable bonds is 5. The highest BCUT2D eigenvalue weighted by Crippen LogP contribution is 2.34. The number of ether oxygens (including phenoxy) is 1. The lowest BCUT2D eigenvalue weighted by Crippen LogP contribution is -2.02. The first-order chi connectivity index (χ1) is 14.1. The first-order valence-electron chi connectivity index (χ1n) is 9.57. The Kier molecular flexibility index (Phi) is 5.04. The van der Waals surface area contributed by atoms with Gasteiger partial charge in [-0.2, -0.15) is 0 Å². The number of aromatic nitrogens is 3. The largest absolute Gasteiger partial charge is 0.496 e. The van der Waals surface area contributed by atoms with Crippen LogP contribution in [0, 0.1) is 13.8 Å². The molecule has 0 bridgehead atoms. The molecule has 4 aromatic rings. The monoisotopic (exact) mass is 384 g/mol. The number of benzene rings is 3. The summed E-state index contributed by atoms with van der Waals surface area (Å²) in [6.07, 6.45) is 0. The molecule has 4 rings (SSSR count). The number of anilines is 1. The predicted molar refractivity (Wildman–Crippen MR) is 118 cm³/mol. The number of aryl methyl sites for hydroxylation is 2. The maximum Gasteiger partial charge on any atom is 0.172 e. The van der Waals surface area contributed by atoms with Crippen molar-refractivity contribution in [2.75, 3.05) is 19.5 Å². The van der Waals surface area contributed by atoms with Crippen LogP contribution in [-0.4, -0.2) is 28.9 Å². The van der Waals surface area contributed by atoms with Gasteiger partial charge in [0.1, 0.15) is 5.75 Å². The van der Waals surface area contributed by atoms with Crippen LogP contribution in [0.2, 0.25) is 0 Å². The number of hydrogen-bond acceptors (Lipinski definition) is 4. The van der Waals surface area contributed by atoms with Crippen molar-refractivity contribution in [3.05, 3.63) is 77.9 Å². The van der Waals surface area contributed by atoms with E-state index in [9.17, 15) is 0 Å². The molecule has 1 N–H and O–H groups in total. The summed E-state index contributed by atoms with van der Waals surface area (Å²) < 4.78 is 7.67. The van der Waals surface area contributed by atoms with Gasteiger partial charge in [0, 0.05) is 24.0 Å². The second-order valence-corrected chi connectivity index (χ2v) is 7.00. The van der Waals surface area contributed by atoms with Gasteiger partial charge in [0.15, 0.2) is 11.6 Å². The molecule has 146 valence electrons. The van der Waals surface area contributed by atoms with Gasteiger partial charge in [0.2, 0.25) is 0 Å². The molecular formula is C24H24N4O. The molecule has 5 heteroatoms. The number of nitrogens with one attached hydrogen (secondary N) is 1. The average molecular weight is 384 g/mol. The lowest BCUT2D eigenvalue weighted by molar-refractivity contribution is 0.416. The minimum atomic E-state index is 0.747. The maximum absolute atomic E-state index is 5.58. The van der Waals surface area contributed by atoms with Gasteiger partial charge in [0.05, 0.1) is 12.7 Å². The van der Waals surface area contributed by atoms with Gasteiger partial charge in [-0.05, 0) is 61.9 Å². The fourth-order valence-corrected chi connectivity index (χ4v) is 3.50. The Bertz CT molecular complexity index is 1150. The molecule has 0 aliphatic carbocycles. The Morgan fingerprint density at radius 2 is 1.59 bits per heavy atom. The topological polar surface area (TPSA) is 52.0 Å². The standard InChI is InChI=1S/C24H24N4O/c1-16-9-12-19(13-10-16)28-23(18-11-14-21(25-3)17(2)15-18)26-27-24(28)20-7-5-6-8-22(20)29-4/h5-15,25H,1-4H3. The van der Waals surface area contributed by atoms with Crippen LogP contribution in [0.3, 0.4) is 0 Å². The zero-order valence-corrected chi connectivity index (χ0v) is 17.1. The van der Waals surface area contributed by atoms with E-state index in [4.69, 9.17) is 4.74 Å². The van der Waals surface area contributed by atoms with Gasteiger partial charge in [-0.15, -0.1) is 10.2 Å². The summed E-state index contributed by atoms with van der Waals surface area (Å²) in [7, 11) is 3.60. The average Bonchev–Trinajstić information content (AvgIpc) is 3.19. The van der Waals surface area contributed by atoms with Gasteiger partial charge < -0.3 is 10.1 Å². The van der Waals surface area contributed by atoms with Crippen LogP contribution in [0.15, 0.2) is 66.7 Å². The quantitative estimate of drug-likeness (QED) is 0.509. The molecule has 3 aromatic carbocycles. The van der Waals surface area contributed by atoms with Crippen molar-refractivity contribution in [2.45, 2.75) is 13.8 Å². The molecule has 0 amide bonds. The molecule has 1 heterocycles. The maximum atomic E-state index is 5.58. The first-order valence-corrected chi connectivity index (χ1v) is 9.57. The third-order valence-corrected chi connectivity index (χ3v) is 5.06. The Morgan fingerprint density at radius 1 is 0.862 bits per heavy atom. The molecule has 0 atom stereocenters. The summed E-state index contributed by atoms with van der Waals surface area (Å²) in [5.41, 5.74) is 6.37. The van der Waals surface area contributed by atoms with Gasteiger partial charge in [-0.25, -0.2) is 0 Å². The molecular weight excluding hydrogens is 360 g/mol. The zero-order valence-electron chi connectivity index (χ0n) is 17.1. The van der Waals surface area contributed by atoms with E-state index in [0.717, 1.165) is 45.5 Å². The van der Waals surface area contributed by atoms with E-state index < -0.39 is 0 Å². The van der Waals surface area contributed by atoms with Gasteiger partial charge in [0.25, 0.3) is 0 Å². The number of methoxy groups -OCH3 is 1. The molecule has 0 radical (unpaired) electrons. The normalized spacial score (nSPS) is 10.8. The third kappa shape index (κ3) is 3.47.